The minimum absolute atomic E-state index is 0.318. The Morgan fingerprint density at radius 3 is 2.32 bits per heavy atom. The van der Waals surface area contributed by atoms with Gasteiger partial charge in [0.1, 0.15) is 4.21 Å². The summed E-state index contributed by atoms with van der Waals surface area (Å²) in [4.78, 5) is 0. The van der Waals surface area contributed by atoms with Crippen LogP contribution in [0, 0.1) is 18.3 Å². The molecule has 126 valence electrons. The quantitative estimate of drug-likeness (QED) is 0.685. The molecule has 0 saturated heterocycles. The van der Waals surface area contributed by atoms with Crippen LogP contribution in [0.25, 0.3) is 11.1 Å². The van der Waals surface area contributed by atoms with Crippen LogP contribution in [0.4, 0.5) is 5.69 Å². The third kappa shape index (κ3) is 3.29. The van der Waals surface area contributed by atoms with E-state index < -0.39 is 10.0 Å². The largest absolute Gasteiger partial charge is 0.273 e. The number of anilines is 1. The molecule has 0 atom stereocenters. The molecule has 0 saturated carbocycles. The lowest BCUT2D eigenvalue weighted by molar-refractivity contribution is 0.596. The van der Waals surface area contributed by atoms with Gasteiger partial charge in [0.25, 0.3) is 10.0 Å². The van der Waals surface area contributed by atoms with Crippen molar-refractivity contribution in [3.05, 3.63) is 71.1 Å². The second kappa shape index (κ2) is 6.71. The van der Waals surface area contributed by atoms with E-state index in [0.717, 1.165) is 16.7 Å². The van der Waals surface area contributed by atoms with E-state index in [9.17, 15) is 8.42 Å². The Morgan fingerprint density at radius 2 is 1.72 bits per heavy atom. The molecule has 0 spiro atoms. The van der Waals surface area contributed by atoms with Gasteiger partial charge in [0, 0.05) is 7.05 Å². The monoisotopic (exact) mass is 368 g/mol. The lowest BCUT2D eigenvalue weighted by Crippen LogP contribution is -2.26. The summed E-state index contributed by atoms with van der Waals surface area (Å²) in [6, 6.07) is 18.4. The lowest BCUT2D eigenvalue weighted by atomic mass is 10.0. The molecule has 0 N–H and O–H groups in total. The van der Waals surface area contributed by atoms with Crippen LogP contribution < -0.4 is 4.31 Å². The topological polar surface area (TPSA) is 61.2 Å². The summed E-state index contributed by atoms with van der Waals surface area (Å²) in [5.74, 6) is 0. The molecule has 0 radical (unpaired) electrons. The number of sulfonamides is 1. The van der Waals surface area contributed by atoms with Crippen molar-refractivity contribution >= 4 is 27.0 Å². The van der Waals surface area contributed by atoms with E-state index in [4.69, 9.17) is 5.26 Å². The van der Waals surface area contributed by atoms with Crippen LogP contribution >= 0.6 is 11.3 Å². The maximum Gasteiger partial charge on any atom is 0.273 e. The van der Waals surface area contributed by atoms with E-state index in [0.29, 0.717) is 15.5 Å². The fourth-order valence-corrected chi connectivity index (χ4v) is 4.95. The van der Waals surface area contributed by atoms with Crippen LogP contribution in [-0.4, -0.2) is 15.5 Å². The average molecular weight is 368 g/mol. The van der Waals surface area contributed by atoms with Gasteiger partial charge in [0.2, 0.25) is 0 Å². The molecule has 0 fully saturated rings. The first kappa shape index (κ1) is 17.2. The molecule has 3 aromatic rings. The number of aryl methyl sites for hydroxylation is 1. The van der Waals surface area contributed by atoms with E-state index in [2.05, 4.69) is 6.07 Å². The summed E-state index contributed by atoms with van der Waals surface area (Å²) in [5.41, 5.74) is 3.93. The smallest absolute Gasteiger partial charge is 0.268 e. The third-order valence-electron chi connectivity index (χ3n) is 4.01. The Balaban J connectivity index is 2.03. The summed E-state index contributed by atoms with van der Waals surface area (Å²) in [7, 11) is -2.00. The Morgan fingerprint density at radius 1 is 1.04 bits per heavy atom. The number of hydrogen-bond acceptors (Lipinski definition) is 4. The van der Waals surface area contributed by atoms with E-state index in [1.165, 1.54) is 15.6 Å². The normalized spacial score (nSPS) is 11.1. The molecule has 25 heavy (non-hydrogen) atoms. The van der Waals surface area contributed by atoms with Gasteiger partial charge in [-0.05, 0) is 53.3 Å². The Kier molecular flexibility index (Phi) is 4.62. The van der Waals surface area contributed by atoms with Crippen LogP contribution in [0.15, 0.2) is 64.2 Å². The summed E-state index contributed by atoms with van der Waals surface area (Å²) in [6.45, 7) is 1.89. The molecule has 0 amide bonds. The molecule has 1 aromatic heterocycles. The van der Waals surface area contributed by atoms with Crippen LogP contribution in [0.1, 0.15) is 11.1 Å². The molecule has 0 aliphatic carbocycles. The van der Waals surface area contributed by atoms with Crippen LogP contribution in [0.5, 0.6) is 0 Å². The SMILES string of the molecule is Cc1ccc(-c2ccc(C#N)cc2)cc1N(C)S(=O)(=O)c1cccs1. The zero-order chi connectivity index (χ0) is 18.0. The maximum atomic E-state index is 12.8. The van der Waals surface area contributed by atoms with Crippen molar-refractivity contribution in [3.8, 4) is 17.2 Å². The molecular formula is C19H16N2O2S2. The predicted octanol–water partition coefficient (Wildman–Crippen LogP) is 4.42. The minimum Gasteiger partial charge on any atom is -0.268 e. The molecular weight excluding hydrogens is 352 g/mol. The Hall–Kier alpha value is -2.62. The van der Waals surface area contributed by atoms with Gasteiger partial charge in [0.15, 0.2) is 0 Å². The fraction of sp³-hybridized carbons (Fsp3) is 0.105. The first-order valence-corrected chi connectivity index (χ1v) is 9.89. The molecule has 6 heteroatoms. The molecule has 1 heterocycles. The van der Waals surface area contributed by atoms with Crippen molar-refractivity contribution in [2.24, 2.45) is 0 Å². The molecule has 0 aliphatic rings. The summed E-state index contributed by atoms with van der Waals surface area (Å²) >= 11 is 1.20. The molecule has 3 rings (SSSR count). The zero-order valence-corrected chi connectivity index (χ0v) is 15.4. The number of benzene rings is 2. The number of nitriles is 1. The van der Waals surface area contributed by atoms with E-state index in [-0.39, 0.29) is 0 Å². The number of rotatable bonds is 4. The minimum atomic E-state index is -3.57. The van der Waals surface area contributed by atoms with Crippen LogP contribution in [-0.2, 0) is 10.0 Å². The van der Waals surface area contributed by atoms with Gasteiger partial charge in [-0.1, -0.05) is 30.3 Å². The molecule has 4 nitrogen and oxygen atoms in total. The van der Waals surface area contributed by atoms with Gasteiger partial charge in [-0.15, -0.1) is 11.3 Å². The highest BCUT2D eigenvalue weighted by atomic mass is 32.2. The fourth-order valence-electron chi connectivity index (χ4n) is 2.54. The standard InChI is InChI=1S/C19H16N2O2S2/c1-14-5-8-17(16-9-6-15(13-20)7-10-16)12-18(14)21(2)25(22,23)19-4-3-11-24-19/h3-12H,1-2H3. The number of thiophene rings is 1. The average Bonchev–Trinajstić information content (AvgIpc) is 3.17. The van der Waals surface area contributed by atoms with Gasteiger partial charge >= 0.3 is 0 Å². The predicted molar refractivity (Wildman–Crippen MR) is 101 cm³/mol. The van der Waals surface area contributed by atoms with E-state index in [1.54, 1.807) is 36.7 Å². The maximum absolute atomic E-state index is 12.8. The summed E-state index contributed by atoms with van der Waals surface area (Å²) in [6.07, 6.45) is 0. The first-order chi connectivity index (χ1) is 11.9. The van der Waals surface area contributed by atoms with Crippen molar-refractivity contribution in [1.82, 2.24) is 0 Å². The summed E-state index contributed by atoms with van der Waals surface area (Å²) < 4.78 is 27.2. The van der Waals surface area contributed by atoms with Gasteiger partial charge in [-0.25, -0.2) is 8.42 Å². The lowest BCUT2D eigenvalue weighted by Gasteiger charge is -2.21. The van der Waals surface area contributed by atoms with E-state index in [1.807, 2.05) is 37.3 Å². The molecule has 2 aromatic carbocycles. The van der Waals surface area contributed by atoms with Crippen LogP contribution in [0.3, 0.4) is 0 Å². The molecule has 0 aliphatic heterocycles. The van der Waals surface area contributed by atoms with Crippen LogP contribution in [0.2, 0.25) is 0 Å². The van der Waals surface area contributed by atoms with Crippen molar-refractivity contribution in [2.45, 2.75) is 11.1 Å². The third-order valence-corrected chi connectivity index (χ3v) is 7.15. The van der Waals surface area contributed by atoms with E-state index >= 15 is 0 Å². The molecule has 0 unspecified atom stereocenters. The highest BCUT2D eigenvalue weighted by Crippen LogP contribution is 2.31. The van der Waals surface area contributed by atoms with Crippen molar-refractivity contribution < 1.29 is 8.42 Å². The first-order valence-electron chi connectivity index (χ1n) is 7.57. The summed E-state index contributed by atoms with van der Waals surface area (Å²) in [5, 5.41) is 10.7. The highest BCUT2D eigenvalue weighted by molar-refractivity contribution is 7.94. The van der Waals surface area contributed by atoms with Gasteiger partial charge in [0.05, 0.1) is 17.3 Å². The Labute approximate surface area is 151 Å². The number of nitrogens with zero attached hydrogens (tertiary/aromatic N) is 2. The number of hydrogen-bond donors (Lipinski definition) is 0. The Bertz CT molecular complexity index is 1030. The van der Waals surface area contributed by atoms with Gasteiger partial charge in [-0.3, -0.25) is 4.31 Å². The second-order valence-electron chi connectivity index (χ2n) is 5.60. The zero-order valence-electron chi connectivity index (χ0n) is 13.8. The molecule has 0 bridgehead atoms. The van der Waals surface area contributed by atoms with Crippen molar-refractivity contribution in [3.63, 3.8) is 0 Å². The van der Waals surface area contributed by atoms with Gasteiger partial charge in [-0.2, -0.15) is 5.26 Å². The highest BCUT2D eigenvalue weighted by Gasteiger charge is 2.23. The van der Waals surface area contributed by atoms with Crippen molar-refractivity contribution in [1.29, 1.82) is 5.26 Å². The second-order valence-corrected chi connectivity index (χ2v) is 8.74. The van der Waals surface area contributed by atoms with Crippen molar-refractivity contribution in [2.75, 3.05) is 11.4 Å². The van der Waals surface area contributed by atoms with Gasteiger partial charge < -0.3 is 0 Å².